The van der Waals surface area contributed by atoms with Crippen molar-refractivity contribution in [1.82, 2.24) is 0 Å². The fraction of sp³-hybridized carbons (Fsp3) is 0.429. The Kier molecular flexibility index (Phi) is 3.16. The third-order valence-corrected chi connectivity index (χ3v) is 3.07. The number of rotatable bonds is 2. The van der Waals surface area contributed by atoms with Gasteiger partial charge in [0.2, 0.25) is 0 Å². The average molecular weight is 267 g/mol. The van der Waals surface area contributed by atoms with Crippen molar-refractivity contribution in [3.8, 4) is 0 Å². The molecule has 0 radical (unpaired) electrons. The van der Waals surface area contributed by atoms with E-state index in [1.54, 1.807) is 0 Å². The molecule has 1 aromatic carbocycles. The van der Waals surface area contributed by atoms with Gasteiger partial charge in [-0.05, 0) is 17.9 Å². The van der Waals surface area contributed by atoms with E-state index in [4.69, 9.17) is 0 Å². The van der Waals surface area contributed by atoms with E-state index in [1.807, 2.05) is 20.8 Å². The van der Waals surface area contributed by atoms with Gasteiger partial charge in [-0.25, -0.2) is 8.78 Å². The van der Waals surface area contributed by atoms with Gasteiger partial charge >= 0.3 is 0 Å². The van der Waals surface area contributed by atoms with E-state index in [0.29, 0.717) is 12.5 Å². The highest BCUT2D eigenvalue weighted by Gasteiger charge is 2.38. The van der Waals surface area contributed by atoms with Crippen LogP contribution in [0.4, 0.5) is 14.5 Å². The zero-order valence-electron chi connectivity index (χ0n) is 11.1. The first-order valence-corrected chi connectivity index (χ1v) is 6.06. The van der Waals surface area contributed by atoms with Gasteiger partial charge in [0.25, 0.3) is 11.7 Å². The molecular formula is C14H15F2NO2. The van der Waals surface area contributed by atoms with Gasteiger partial charge in [-0.2, -0.15) is 0 Å². The molecule has 2 rings (SSSR count). The fourth-order valence-electron chi connectivity index (χ4n) is 2.01. The molecular weight excluding hydrogens is 252 g/mol. The van der Waals surface area contributed by atoms with Crippen molar-refractivity contribution >= 4 is 17.4 Å². The van der Waals surface area contributed by atoms with Crippen molar-refractivity contribution in [1.29, 1.82) is 0 Å². The molecule has 1 aliphatic rings. The molecule has 0 fully saturated rings. The first kappa shape index (κ1) is 13.6. The van der Waals surface area contributed by atoms with Gasteiger partial charge in [-0.15, -0.1) is 0 Å². The van der Waals surface area contributed by atoms with E-state index in [-0.39, 0.29) is 23.2 Å². The molecule has 0 saturated heterocycles. The van der Waals surface area contributed by atoms with Crippen LogP contribution < -0.4 is 4.90 Å². The van der Waals surface area contributed by atoms with Gasteiger partial charge in [0.1, 0.15) is 5.82 Å². The van der Waals surface area contributed by atoms with Crippen molar-refractivity contribution in [2.75, 3.05) is 11.4 Å². The number of hydrogen-bond acceptors (Lipinski definition) is 2. The SMILES string of the molecule is CC(C)(C)CCN1C(=O)C(=O)c2cc(F)cc(F)c21. The minimum atomic E-state index is -0.872. The van der Waals surface area contributed by atoms with Crippen LogP contribution >= 0.6 is 0 Å². The lowest BCUT2D eigenvalue weighted by Crippen LogP contribution is -2.33. The second-order valence-electron chi connectivity index (χ2n) is 5.88. The van der Waals surface area contributed by atoms with Crippen LogP contribution in [0.1, 0.15) is 37.6 Å². The van der Waals surface area contributed by atoms with Crippen molar-refractivity contribution in [2.24, 2.45) is 5.41 Å². The molecule has 1 heterocycles. The van der Waals surface area contributed by atoms with Crippen LogP contribution in [0.3, 0.4) is 0 Å². The zero-order valence-corrected chi connectivity index (χ0v) is 11.1. The van der Waals surface area contributed by atoms with Crippen molar-refractivity contribution < 1.29 is 18.4 Å². The average Bonchev–Trinajstić information content (AvgIpc) is 2.50. The quantitative estimate of drug-likeness (QED) is 0.773. The van der Waals surface area contributed by atoms with Gasteiger partial charge < -0.3 is 4.90 Å². The molecule has 102 valence electrons. The Morgan fingerprint density at radius 3 is 2.37 bits per heavy atom. The van der Waals surface area contributed by atoms with E-state index < -0.39 is 23.3 Å². The van der Waals surface area contributed by atoms with Crippen LogP contribution in [-0.2, 0) is 4.79 Å². The van der Waals surface area contributed by atoms with E-state index in [2.05, 4.69) is 0 Å². The standard InChI is InChI=1S/C14H15F2NO2/c1-14(2,3)4-5-17-11-9(12(18)13(17)19)6-8(15)7-10(11)16/h6-7H,4-5H2,1-3H3. The highest BCUT2D eigenvalue weighted by molar-refractivity contribution is 6.52. The Labute approximate surface area is 110 Å². The number of amides is 1. The molecule has 0 saturated carbocycles. The Balaban J connectivity index is 2.39. The van der Waals surface area contributed by atoms with E-state index in [0.717, 1.165) is 11.0 Å². The van der Waals surface area contributed by atoms with Gasteiger partial charge in [-0.1, -0.05) is 20.8 Å². The lowest BCUT2D eigenvalue weighted by Gasteiger charge is -2.23. The number of carbonyl (C=O) groups excluding carboxylic acids is 2. The summed E-state index contributed by atoms with van der Waals surface area (Å²) in [5.74, 6) is -3.36. The Morgan fingerprint density at radius 2 is 1.79 bits per heavy atom. The Hall–Kier alpha value is -1.78. The van der Waals surface area contributed by atoms with Gasteiger partial charge in [0, 0.05) is 12.6 Å². The second-order valence-corrected chi connectivity index (χ2v) is 5.88. The number of fused-ring (bicyclic) bond motifs is 1. The number of carbonyl (C=O) groups is 2. The minimum Gasteiger partial charge on any atom is -0.302 e. The maximum Gasteiger partial charge on any atom is 0.299 e. The number of Topliss-reactive ketones (excluding diaryl/α,β-unsaturated/α-hetero) is 1. The van der Waals surface area contributed by atoms with E-state index in [1.165, 1.54) is 0 Å². The van der Waals surface area contributed by atoms with Gasteiger partial charge in [-0.3, -0.25) is 9.59 Å². The van der Waals surface area contributed by atoms with Crippen LogP contribution in [0.25, 0.3) is 0 Å². The van der Waals surface area contributed by atoms with Crippen LogP contribution in [0.5, 0.6) is 0 Å². The summed E-state index contributed by atoms with van der Waals surface area (Å²) in [7, 11) is 0. The van der Waals surface area contributed by atoms with E-state index >= 15 is 0 Å². The predicted octanol–water partition coefficient (Wildman–Crippen LogP) is 2.93. The lowest BCUT2D eigenvalue weighted by molar-refractivity contribution is -0.114. The highest BCUT2D eigenvalue weighted by atomic mass is 19.1. The Morgan fingerprint density at radius 1 is 1.16 bits per heavy atom. The van der Waals surface area contributed by atoms with Gasteiger partial charge in [0.05, 0.1) is 11.3 Å². The molecule has 1 aromatic rings. The molecule has 1 aliphatic heterocycles. The molecule has 0 aromatic heterocycles. The molecule has 0 aliphatic carbocycles. The minimum absolute atomic E-state index is 0.0530. The molecule has 0 atom stereocenters. The molecule has 0 unspecified atom stereocenters. The predicted molar refractivity (Wildman–Crippen MR) is 67.1 cm³/mol. The summed E-state index contributed by atoms with van der Waals surface area (Å²) in [5.41, 5.74) is -0.333. The van der Waals surface area contributed by atoms with Gasteiger partial charge in [0.15, 0.2) is 5.82 Å². The summed E-state index contributed by atoms with van der Waals surface area (Å²) < 4.78 is 26.9. The number of benzene rings is 1. The fourth-order valence-corrected chi connectivity index (χ4v) is 2.01. The molecule has 0 bridgehead atoms. The summed E-state index contributed by atoms with van der Waals surface area (Å²) in [6.45, 7) is 6.19. The molecule has 0 N–H and O–H groups in total. The topological polar surface area (TPSA) is 37.4 Å². The van der Waals surface area contributed by atoms with Crippen molar-refractivity contribution in [3.63, 3.8) is 0 Å². The highest BCUT2D eigenvalue weighted by Crippen LogP contribution is 2.33. The number of ketones is 1. The number of nitrogens with zero attached hydrogens (tertiary/aromatic N) is 1. The summed E-state index contributed by atoms with van der Waals surface area (Å²) in [4.78, 5) is 24.7. The first-order valence-electron chi connectivity index (χ1n) is 6.06. The smallest absolute Gasteiger partial charge is 0.299 e. The zero-order chi connectivity index (χ0) is 14.4. The molecule has 0 spiro atoms. The summed E-state index contributed by atoms with van der Waals surface area (Å²) >= 11 is 0. The number of halogens is 2. The van der Waals surface area contributed by atoms with E-state index in [9.17, 15) is 18.4 Å². The van der Waals surface area contributed by atoms with Crippen LogP contribution in [-0.4, -0.2) is 18.2 Å². The first-order chi connectivity index (χ1) is 8.70. The monoisotopic (exact) mass is 267 g/mol. The molecule has 3 nitrogen and oxygen atoms in total. The summed E-state index contributed by atoms with van der Waals surface area (Å²) in [5, 5.41) is 0. The van der Waals surface area contributed by atoms with Crippen LogP contribution in [0.2, 0.25) is 0 Å². The van der Waals surface area contributed by atoms with Crippen molar-refractivity contribution in [3.05, 3.63) is 29.3 Å². The largest absolute Gasteiger partial charge is 0.302 e. The molecule has 1 amide bonds. The molecule has 5 heteroatoms. The lowest BCUT2D eigenvalue weighted by atomic mass is 9.92. The third-order valence-electron chi connectivity index (χ3n) is 3.07. The van der Waals surface area contributed by atoms with Crippen LogP contribution in [0, 0.1) is 17.0 Å². The molecule has 19 heavy (non-hydrogen) atoms. The number of hydrogen-bond donors (Lipinski definition) is 0. The maximum atomic E-state index is 13.8. The second kappa shape index (κ2) is 4.40. The summed E-state index contributed by atoms with van der Waals surface area (Å²) in [6.07, 6.45) is 0.613. The summed E-state index contributed by atoms with van der Waals surface area (Å²) in [6, 6.07) is 1.60. The van der Waals surface area contributed by atoms with Crippen molar-refractivity contribution in [2.45, 2.75) is 27.2 Å². The Bertz CT molecular complexity index is 561. The van der Waals surface area contributed by atoms with Crippen LogP contribution in [0.15, 0.2) is 12.1 Å². The maximum absolute atomic E-state index is 13.8. The third kappa shape index (κ3) is 2.50. The normalized spacial score (nSPS) is 15.1. The number of anilines is 1.